The molecule has 1 N–H and O–H groups in total. The van der Waals surface area contributed by atoms with Gasteiger partial charge in [-0.15, -0.1) is 5.10 Å². The number of hydrogen-bond donors (Lipinski definition) is 1. The predicted octanol–water partition coefficient (Wildman–Crippen LogP) is 3.64. The zero-order valence-corrected chi connectivity index (χ0v) is 17.6. The Morgan fingerprint density at radius 2 is 1.85 bits per heavy atom. The van der Waals surface area contributed by atoms with Gasteiger partial charge in [0.25, 0.3) is 5.91 Å². The second-order valence-corrected chi connectivity index (χ2v) is 8.66. The van der Waals surface area contributed by atoms with Crippen LogP contribution in [0.15, 0.2) is 52.4 Å². The predicted molar refractivity (Wildman–Crippen MR) is 108 cm³/mol. The summed E-state index contributed by atoms with van der Waals surface area (Å²) < 4.78 is 2.64. The molecular formula is C18H19BrN6OS. The number of carbonyl (C=O) groups is 1. The molecular weight excluding hydrogens is 428 g/mol. The molecule has 0 spiro atoms. The normalized spacial score (nSPS) is 11.4. The Labute approximate surface area is 170 Å². The van der Waals surface area contributed by atoms with Crippen LogP contribution in [0.3, 0.4) is 0 Å². The molecule has 0 aliphatic heterocycles. The molecule has 3 aromatic rings. The first-order valence-electron chi connectivity index (χ1n) is 8.26. The maximum Gasteiger partial charge on any atom is 0.274 e. The average molecular weight is 447 g/mol. The monoisotopic (exact) mass is 446 g/mol. The van der Waals surface area contributed by atoms with Crippen LogP contribution in [0.1, 0.15) is 37.0 Å². The smallest absolute Gasteiger partial charge is 0.274 e. The molecule has 0 fully saturated rings. The molecule has 140 valence electrons. The van der Waals surface area contributed by atoms with Gasteiger partial charge in [-0.1, -0.05) is 32.9 Å². The molecule has 0 atom stereocenters. The van der Waals surface area contributed by atoms with Crippen molar-refractivity contribution in [2.24, 2.45) is 0 Å². The van der Waals surface area contributed by atoms with Gasteiger partial charge < -0.3 is 5.32 Å². The van der Waals surface area contributed by atoms with E-state index in [9.17, 15) is 4.79 Å². The molecule has 7 nitrogen and oxygen atoms in total. The fourth-order valence-electron chi connectivity index (χ4n) is 2.29. The summed E-state index contributed by atoms with van der Waals surface area (Å²) >= 11 is 4.86. The van der Waals surface area contributed by atoms with Crippen molar-refractivity contribution in [3.8, 4) is 5.69 Å². The summed E-state index contributed by atoms with van der Waals surface area (Å²) in [6.45, 7) is 5.78. The van der Waals surface area contributed by atoms with Gasteiger partial charge in [0.2, 0.25) is 0 Å². The summed E-state index contributed by atoms with van der Waals surface area (Å²) in [5.41, 5.74) is 1.45. The molecule has 2 heterocycles. The van der Waals surface area contributed by atoms with Gasteiger partial charge in [0, 0.05) is 28.2 Å². The molecule has 0 saturated heterocycles. The number of carbonyl (C=O) groups excluding carboxylic acids is 1. The SMILES string of the molecule is CC(C)(C)NC(=O)c1nnn(-c2ccc(Br)cc2)c1CSc1ncccn1. The molecule has 0 bridgehead atoms. The van der Waals surface area contributed by atoms with Crippen molar-refractivity contribution in [1.29, 1.82) is 0 Å². The van der Waals surface area contributed by atoms with E-state index in [0.29, 0.717) is 22.3 Å². The Kier molecular flexibility index (Phi) is 5.91. The number of amides is 1. The number of benzene rings is 1. The van der Waals surface area contributed by atoms with E-state index in [1.165, 1.54) is 11.8 Å². The lowest BCUT2D eigenvalue weighted by Gasteiger charge is -2.20. The molecule has 1 amide bonds. The van der Waals surface area contributed by atoms with E-state index in [1.807, 2.05) is 45.0 Å². The number of halogens is 1. The minimum absolute atomic E-state index is 0.254. The molecule has 27 heavy (non-hydrogen) atoms. The lowest BCUT2D eigenvalue weighted by Crippen LogP contribution is -2.41. The summed E-state index contributed by atoms with van der Waals surface area (Å²) in [5, 5.41) is 11.9. The van der Waals surface area contributed by atoms with E-state index in [-0.39, 0.29) is 11.4 Å². The van der Waals surface area contributed by atoms with Gasteiger partial charge >= 0.3 is 0 Å². The largest absolute Gasteiger partial charge is 0.346 e. The molecule has 0 saturated carbocycles. The third kappa shape index (κ3) is 5.14. The highest BCUT2D eigenvalue weighted by molar-refractivity contribution is 9.10. The second-order valence-electron chi connectivity index (χ2n) is 6.80. The van der Waals surface area contributed by atoms with Gasteiger partial charge in [0.05, 0.1) is 11.4 Å². The lowest BCUT2D eigenvalue weighted by atomic mass is 10.1. The summed E-state index contributed by atoms with van der Waals surface area (Å²) in [6, 6.07) is 9.43. The van der Waals surface area contributed by atoms with Crippen molar-refractivity contribution in [3.05, 3.63) is 58.6 Å². The van der Waals surface area contributed by atoms with Gasteiger partial charge in [-0.05, 0) is 51.1 Å². The number of rotatable bonds is 5. The van der Waals surface area contributed by atoms with E-state index < -0.39 is 0 Å². The van der Waals surface area contributed by atoms with Crippen LogP contribution in [0.5, 0.6) is 0 Å². The van der Waals surface area contributed by atoms with Gasteiger partial charge in [-0.2, -0.15) is 0 Å². The molecule has 0 aliphatic rings. The van der Waals surface area contributed by atoms with Crippen molar-refractivity contribution in [1.82, 2.24) is 30.3 Å². The third-order valence-corrected chi connectivity index (χ3v) is 4.83. The molecule has 3 rings (SSSR count). The Balaban J connectivity index is 1.95. The zero-order valence-electron chi connectivity index (χ0n) is 15.2. The van der Waals surface area contributed by atoms with E-state index in [0.717, 1.165) is 10.2 Å². The lowest BCUT2D eigenvalue weighted by molar-refractivity contribution is 0.0913. The van der Waals surface area contributed by atoms with Crippen molar-refractivity contribution in [2.45, 2.75) is 37.2 Å². The number of hydrogen-bond acceptors (Lipinski definition) is 6. The summed E-state index contributed by atoms with van der Waals surface area (Å²) in [5.74, 6) is 0.204. The number of aromatic nitrogens is 5. The van der Waals surface area contributed by atoms with Crippen LogP contribution >= 0.6 is 27.7 Å². The number of nitrogens with one attached hydrogen (secondary N) is 1. The van der Waals surface area contributed by atoms with E-state index in [4.69, 9.17) is 0 Å². The van der Waals surface area contributed by atoms with Crippen molar-refractivity contribution >= 4 is 33.6 Å². The Morgan fingerprint density at radius 1 is 1.19 bits per heavy atom. The first kappa shape index (κ1) is 19.5. The summed E-state index contributed by atoms with van der Waals surface area (Å²) in [6.07, 6.45) is 3.37. The maximum atomic E-state index is 12.7. The van der Waals surface area contributed by atoms with Gasteiger partial charge in [0.1, 0.15) is 0 Å². The summed E-state index contributed by atoms with van der Waals surface area (Å²) in [4.78, 5) is 21.2. The minimum atomic E-state index is -0.370. The topological polar surface area (TPSA) is 85.6 Å². The molecule has 9 heteroatoms. The number of nitrogens with zero attached hydrogens (tertiary/aromatic N) is 5. The van der Waals surface area contributed by atoms with Crippen LogP contribution in [0.25, 0.3) is 5.69 Å². The van der Waals surface area contributed by atoms with Crippen molar-refractivity contribution < 1.29 is 4.79 Å². The molecule has 0 radical (unpaired) electrons. The highest BCUT2D eigenvalue weighted by Crippen LogP contribution is 2.23. The quantitative estimate of drug-likeness (QED) is 0.475. The number of thioether (sulfide) groups is 1. The van der Waals surface area contributed by atoms with Crippen LogP contribution in [0, 0.1) is 0 Å². The van der Waals surface area contributed by atoms with Gasteiger partial charge in [-0.3, -0.25) is 4.79 Å². The molecule has 0 aliphatic carbocycles. The standard InChI is InChI=1S/C18H19BrN6OS/c1-18(2,3)22-16(26)15-14(11-27-17-20-9-4-10-21-17)25(24-23-15)13-7-5-12(19)6-8-13/h4-10H,11H2,1-3H3,(H,22,26). The third-order valence-electron chi connectivity index (χ3n) is 3.42. The molecule has 2 aromatic heterocycles. The Bertz CT molecular complexity index is 921. The van der Waals surface area contributed by atoms with Gasteiger partial charge in [0.15, 0.2) is 10.9 Å². The first-order chi connectivity index (χ1) is 12.8. The van der Waals surface area contributed by atoms with Crippen LogP contribution in [-0.4, -0.2) is 36.4 Å². The Hall–Kier alpha value is -2.26. The fourth-order valence-corrected chi connectivity index (χ4v) is 3.35. The summed E-state index contributed by atoms with van der Waals surface area (Å²) in [7, 11) is 0. The zero-order chi connectivity index (χ0) is 19.4. The molecule has 1 aromatic carbocycles. The minimum Gasteiger partial charge on any atom is -0.346 e. The van der Waals surface area contributed by atoms with Crippen LogP contribution in [-0.2, 0) is 5.75 Å². The van der Waals surface area contributed by atoms with Crippen LogP contribution < -0.4 is 5.32 Å². The van der Waals surface area contributed by atoms with E-state index >= 15 is 0 Å². The van der Waals surface area contributed by atoms with Crippen LogP contribution in [0.4, 0.5) is 0 Å². The van der Waals surface area contributed by atoms with Crippen molar-refractivity contribution in [3.63, 3.8) is 0 Å². The van der Waals surface area contributed by atoms with Gasteiger partial charge in [-0.25, -0.2) is 14.6 Å². The van der Waals surface area contributed by atoms with Crippen molar-refractivity contribution in [2.75, 3.05) is 0 Å². The Morgan fingerprint density at radius 3 is 2.48 bits per heavy atom. The molecule has 0 unspecified atom stereocenters. The average Bonchev–Trinajstić information content (AvgIpc) is 3.04. The van der Waals surface area contributed by atoms with E-state index in [2.05, 4.69) is 41.5 Å². The highest BCUT2D eigenvalue weighted by atomic mass is 79.9. The van der Waals surface area contributed by atoms with Crippen LogP contribution in [0.2, 0.25) is 0 Å². The fraction of sp³-hybridized carbons (Fsp3) is 0.278. The highest BCUT2D eigenvalue weighted by Gasteiger charge is 2.24. The van der Waals surface area contributed by atoms with E-state index in [1.54, 1.807) is 23.1 Å². The second kappa shape index (κ2) is 8.18. The maximum absolute atomic E-state index is 12.7. The first-order valence-corrected chi connectivity index (χ1v) is 10.0.